The molecular formula is C18H21F2N3O2. The van der Waals surface area contributed by atoms with Gasteiger partial charge >= 0.3 is 6.03 Å². The number of rotatable bonds is 6. The van der Waals surface area contributed by atoms with Gasteiger partial charge in [0, 0.05) is 30.1 Å². The lowest BCUT2D eigenvalue weighted by Crippen LogP contribution is -2.44. The molecule has 25 heavy (non-hydrogen) atoms. The number of benzene rings is 1. The van der Waals surface area contributed by atoms with E-state index in [1.54, 1.807) is 6.20 Å². The van der Waals surface area contributed by atoms with Gasteiger partial charge in [0.25, 0.3) is 0 Å². The molecule has 0 saturated heterocycles. The summed E-state index contributed by atoms with van der Waals surface area (Å²) in [5, 5.41) is 15.5. The Balaban J connectivity index is 1.81. The highest BCUT2D eigenvalue weighted by molar-refractivity contribution is 5.73. The van der Waals surface area contributed by atoms with Crippen molar-refractivity contribution in [1.82, 2.24) is 15.6 Å². The third-order valence-corrected chi connectivity index (χ3v) is 3.78. The second kappa shape index (κ2) is 8.02. The molecule has 2 rings (SSSR count). The van der Waals surface area contributed by atoms with E-state index >= 15 is 0 Å². The monoisotopic (exact) mass is 349 g/mol. The molecule has 0 aliphatic carbocycles. The van der Waals surface area contributed by atoms with Crippen molar-refractivity contribution in [2.24, 2.45) is 0 Å². The van der Waals surface area contributed by atoms with Gasteiger partial charge in [0.15, 0.2) is 0 Å². The fourth-order valence-electron chi connectivity index (χ4n) is 2.30. The van der Waals surface area contributed by atoms with Crippen molar-refractivity contribution in [1.29, 1.82) is 0 Å². The Labute approximate surface area is 145 Å². The van der Waals surface area contributed by atoms with E-state index in [9.17, 15) is 18.7 Å². The number of aromatic nitrogens is 1. The van der Waals surface area contributed by atoms with E-state index in [4.69, 9.17) is 0 Å². The number of nitrogens with one attached hydrogen (secondary N) is 2. The number of aliphatic hydroxyl groups is 1. The first kappa shape index (κ1) is 18.8. The molecule has 2 amide bonds. The molecule has 0 fully saturated rings. The Kier molecular flexibility index (Phi) is 6.03. The molecule has 1 atom stereocenters. The molecule has 0 saturated carbocycles. The second-order valence-electron chi connectivity index (χ2n) is 6.07. The summed E-state index contributed by atoms with van der Waals surface area (Å²) in [4.78, 5) is 16.0. The SMILES string of the molecule is Cc1ccc(CCNC(=O)NCC(C)(O)c2ccc(F)cc2F)cn1. The maximum atomic E-state index is 13.8. The molecule has 7 heteroatoms. The molecule has 0 radical (unpaired) electrons. The highest BCUT2D eigenvalue weighted by atomic mass is 19.1. The topological polar surface area (TPSA) is 74.2 Å². The van der Waals surface area contributed by atoms with Crippen molar-refractivity contribution in [3.8, 4) is 0 Å². The van der Waals surface area contributed by atoms with Crippen molar-refractivity contribution in [3.05, 3.63) is 65.0 Å². The van der Waals surface area contributed by atoms with E-state index in [0.29, 0.717) is 19.0 Å². The number of carbonyl (C=O) groups is 1. The number of aryl methyl sites for hydroxylation is 1. The smallest absolute Gasteiger partial charge is 0.314 e. The third kappa shape index (κ3) is 5.49. The summed E-state index contributed by atoms with van der Waals surface area (Å²) in [6.07, 6.45) is 2.36. The van der Waals surface area contributed by atoms with Crippen LogP contribution in [-0.4, -0.2) is 29.2 Å². The van der Waals surface area contributed by atoms with Crippen molar-refractivity contribution < 1.29 is 18.7 Å². The van der Waals surface area contributed by atoms with Crippen LogP contribution in [0.4, 0.5) is 13.6 Å². The average Bonchev–Trinajstić information content (AvgIpc) is 2.54. The first-order chi connectivity index (χ1) is 11.8. The van der Waals surface area contributed by atoms with Crippen LogP contribution in [0.25, 0.3) is 0 Å². The van der Waals surface area contributed by atoms with Crippen molar-refractivity contribution in [2.75, 3.05) is 13.1 Å². The molecule has 1 aromatic heterocycles. The molecule has 0 aliphatic heterocycles. The van der Waals surface area contributed by atoms with Crippen molar-refractivity contribution in [2.45, 2.75) is 25.9 Å². The summed E-state index contributed by atoms with van der Waals surface area (Å²) >= 11 is 0. The lowest BCUT2D eigenvalue weighted by atomic mass is 9.95. The maximum Gasteiger partial charge on any atom is 0.314 e. The molecule has 1 heterocycles. The Morgan fingerprint density at radius 1 is 1.24 bits per heavy atom. The van der Waals surface area contributed by atoms with Crippen LogP contribution in [0, 0.1) is 18.6 Å². The van der Waals surface area contributed by atoms with Gasteiger partial charge in [-0.3, -0.25) is 4.98 Å². The number of hydrogen-bond donors (Lipinski definition) is 3. The van der Waals surface area contributed by atoms with E-state index in [2.05, 4.69) is 15.6 Å². The van der Waals surface area contributed by atoms with Gasteiger partial charge < -0.3 is 15.7 Å². The molecule has 134 valence electrons. The average molecular weight is 349 g/mol. The molecule has 2 aromatic rings. The predicted molar refractivity (Wildman–Crippen MR) is 90.0 cm³/mol. The van der Waals surface area contributed by atoms with Gasteiger partial charge in [-0.25, -0.2) is 13.6 Å². The summed E-state index contributed by atoms with van der Waals surface area (Å²) in [6.45, 7) is 3.42. The minimum atomic E-state index is -1.66. The Bertz CT molecular complexity index is 734. The summed E-state index contributed by atoms with van der Waals surface area (Å²) < 4.78 is 26.7. The van der Waals surface area contributed by atoms with E-state index in [-0.39, 0.29) is 12.1 Å². The van der Waals surface area contributed by atoms with Crippen LogP contribution in [0.5, 0.6) is 0 Å². The minimum Gasteiger partial charge on any atom is -0.383 e. The molecule has 5 nitrogen and oxygen atoms in total. The van der Waals surface area contributed by atoms with Crippen molar-refractivity contribution >= 4 is 6.03 Å². The van der Waals surface area contributed by atoms with Gasteiger partial charge in [-0.15, -0.1) is 0 Å². The molecule has 1 aromatic carbocycles. The first-order valence-corrected chi connectivity index (χ1v) is 7.89. The summed E-state index contributed by atoms with van der Waals surface area (Å²) in [5.74, 6) is -1.59. The molecule has 1 unspecified atom stereocenters. The van der Waals surface area contributed by atoms with E-state index in [1.807, 2.05) is 19.1 Å². The van der Waals surface area contributed by atoms with Gasteiger partial charge in [0.2, 0.25) is 0 Å². The fourth-order valence-corrected chi connectivity index (χ4v) is 2.30. The number of amides is 2. The third-order valence-electron chi connectivity index (χ3n) is 3.78. The Morgan fingerprint density at radius 3 is 2.64 bits per heavy atom. The molecular weight excluding hydrogens is 328 g/mol. The van der Waals surface area contributed by atoms with Gasteiger partial charge in [0.05, 0.1) is 6.54 Å². The molecule has 0 bridgehead atoms. The number of urea groups is 1. The van der Waals surface area contributed by atoms with Crippen molar-refractivity contribution in [3.63, 3.8) is 0 Å². The Morgan fingerprint density at radius 2 is 2.00 bits per heavy atom. The standard InChI is InChI=1S/C18H21F2N3O2/c1-12-3-4-13(10-22-12)7-8-21-17(24)23-11-18(2,25)15-6-5-14(19)9-16(15)20/h3-6,9-10,25H,7-8,11H2,1-2H3,(H2,21,23,24). The molecule has 0 spiro atoms. The van der Waals surface area contributed by atoms with Crippen LogP contribution in [0.1, 0.15) is 23.7 Å². The van der Waals surface area contributed by atoms with E-state index in [1.165, 1.54) is 6.92 Å². The van der Waals surface area contributed by atoms with Crippen LogP contribution in [0.2, 0.25) is 0 Å². The summed E-state index contributed by atoms with van der Waals surface area (Å²) in [7, 11) is 0. The second-order valence-corrected chi connectivity index (χ2v) is 6.07. The zero-order valence-corrected chi connectivity index (χ0v) is 14.1. The van der Waals surface area contributed by atoms with Gasteiger partial charge in [0.1, 0.15) is 17.2 Å². The van der Waals surface area contributed by atoms with Crippen LogP contribution >= 0.6 is 0 Å². The van der Waals surface area contributed by atoms with Crippen LogP contribution in [0.15, 0.2) is 36.5 Å². The predicted octanol–water partition coefficient (Wildman–Crippen LogP) is 2.42. The van der Waals surface area contributed by atoms with Gasteiger partial charge in [-0.2, -0.15) is 0 Å². The fraction of sp³-hybridized carbons (Fsp3) is 0.333. The number of hydrogen-bond acceptors (Lipinski definition) is 3. The lowest BCUT2D eigenvalue weighted by Gasteiger charge is -2.24. The van der Waals surface area contributed by atoms with Crippen LogP contribution in [-0.2, 0) is 12.0 Å². The number of halogens is 2. The summed E-state index contributed by atoms with van der Waals surface area (Å²) in [6, 6.07) is 6.26. The van der Waals surface area contributed by atoms with Crippen LogP contribution in [0.3, 0.4) is 0 Å². The first-order valence-electron chi connectivity index (χ1n) is 7.89. The highest BCUT2D eigenvalue weighted by Crippen LogP contribution is 2.23. The number of carbonyl (C=O) groups excluding carboxylic acids is 1. The zero-order valence-electron chi connectivity index (χ0n) is 14.1. The summed E-state index contributed by atoms with van der Waals surface area (Å²) in [5.41, 5.74) is 0.173. The van der Waals surface area contributed by atoms with Gasteiger partial charge in [-0.1, -0.05) is 12.1 Å². The molecule has 3 N–H and O–H groups in total. The Hall–Kier alpha value is -2.54. The molecule has 0 aliphatic rings. The van der Waals surface area contributed by atoms with Crippen LogP contribution < -0.4 is 10.6 Å². The zero-order chi connectivity index (χ0) is 18.4. The van der Waals surface area contributed by atoms with E-state index < -0.39 is 23.3 Å². The number of pyridine rings is 1. The van der Waals surface area contributed by atoms with Gasteiger partial charge in [-0.05, 0) is 38.0 Å². The largest absolute Gasteiger partial charge is 0.383 e. The lowest BCUT2D eigenvalue weighted by molar-refractivity contribution is 0.0555. The quantitative estimate of drug-likeness (QED) is 0.750. The minimum absolute atomic E-state index is 0.0834. The van der Waals surface area contributed by atoms with E-state index in [0.717, 1.165) is 23.4 Å². The number of nitrogens with zero attached hydrogens (tertiary/aromatic N) is 1. The normalized spacial score (nSPS) is 13.2. The maximum absolute atomic E-state index is 13.8. The highest BCUT2D eigenvalue weighted by Gasteiger charge is 2.27.